The van der Waals surface area contributed by atoms with Crippen molar-refractivity contribution in [1.29, 1.82) is 5.26 Å². The third kappa shape index (κ3) is 4.55. The number of benzene rings is 2. The number of nitrogens with one attached hydrogen (secondary N) is 1. The average Bonchev–Trinajstić information content (AvgIpc) is 2.49. The lowest BCUT2D eigenvalue weighted by Gasteiger charge is -2.06. The van der Waals surface area contributed by atoms with Gasteiger partial charge in [0.15, 0.2) is 0 Å². The van der Waals surface area contributed by atoms with Gasteiger partial charge in [-0.15, -0.1) is 0 Å². The third-order valence-corrected chi connectivity index (χ3v) is 3.86. The number of rotatable bonds is 3. The van der Waals surface area contributed by atoms with Crippen molar-refractivity contribution in [2.75, 3.05) is 5.32 Å². The fraction of sp³-hybridized carbons (Fsp3) is 0. The Morgan fingerprint density at radius 3 is 2.61 bits per heavy atom. The first-order chi connectivity index (χ1) is 10.9. The van der Waals surface area contributed by atoms with Crippen molar-refractivity contribution in [2.45, 2.75) is 0 Å². The molecule has 0 bridgehead atoms. The summed E-state index contributed by atoms with van der Waals surface area (Å²) in [4.78, 5) is 12.1. The Labute approximate surface area is 150 Å². The largest absolute Gasteiger partial charge is 0.319 e. The van der Waals surface area contributed by atoms with Crippen LogP contribution in [0.1, 0.15) is 5.56 Å². The molecular weight excluding hydrogens is 406 g/mol. The van der Waals surface area contributed by atoms with Gasteiger partial charge in [0.25, 0.3) is 5.91 Å². The minimum absolute atomic E-state index is 0.0263. The van der Waals surface area contributed by atoms with Gasteiger partial charge in [0, 0.05) is 14.5 Å². The van der Waals surface area contributed by atoms with Crippen LogP contribution in [0.4, 0.5) is 10.1 Å². The summed E-state index contributed by atoms with van der Waals surface area (Å²) >= 11 is 14.9. The van der Waals surface area contributed by atoms with Crippen molar-refractivity contribution in [3.05, 3.63) is 67.9 Å². The van der Waals surface area contributed by atoms with Crippen molar-refractivity contribution in [3.8, 4) is 6.07 Å². The molecule has 0 heterocycles. The van der Waals surface area contributed by atoms with Crippen molar-refractivity contribution in [2.24, 2.45) is 0 Å². The van der Waals surface area contributed by atoms with E-state index in [1.54, 1.807) is 24.3 Å². The molecule has 0 aliphatic rings. The molecule has 7 heteroatoms. The number of nitrogens with zero attached hydrogens (tertiary/aromatic N) is 1. The molecule has 1 N–H and O–H groups in total. The molecule has 0 aromatic heterocycles. The van der Waals surface area contributed by atoms with Crippen LogP contribution < -0.4 is 5.32 Å². The van der Waals surface area contributed by atoms with E-state index < -0.39 is 11.7 Å². The Morgan fingerprint density at radius 1 is 1.26 bits per heavy atom. The van der Waals surface area contributed by atoms with Gasteiger partial charge < -0.3 is 5.32 Å². The lowest BCUT2D eigenvalue weighted by molar-refractivity contribution is -0.112. The molecule has 0 aliphatic heterocycles. The SMILES string of the molecule is N#C/C(=C\c1ccc(Cl)cc1Cl)C(=O)Nc1ccc(Br)cc1F. The molecule has 0 saturated carbocycles. The van der Waals surface area contributed by atoms with Crippen LogP contribution in [0.15, 0.2) is 46.4 Å². The second-order valence-corrected chi connectivity index (χ2v) is 6.17. The summed E-state index contributed by atoms with van der Waals surface area (Å²) in [6, 6.07) is 10.6. The highest BCUT2D eigenvalue weighted by Crippen LogP contribution is 2.24. The highest BCUT2D eigenvalue weighted by molar-refractivity contribution is 9.10. The Morgan fingerprint density at radius 2 is 2.00 bits per heavy atom. The van der Waals surface area contributed by atoms with Crippen LogP contribution in [0.2, 0.25) is 10.0 Å². The van der Waals surface area contributed by atoms with E-state index in [1.165, 1.54) is 24.3 Å². The Hall–Kier alpha value is -1.87. The van der Waals surface area contributed by atoms with Gasteiger partial charge in [0.05, 0.1) is 5.69 Å². The van der Waals surface area contributed by atoms with Crippen LogP contribution in [-0.4, -0.2) is 5.91 Å². The molecule has 23 heavy (non-hydrogen) atoms. The minimum atomic E-state index is -0.736. The number of hydrogen-bond donors (Lipinski definition) is 1. The standard InChI is InChI=1S/C16H8BrCl2FN2O/c17-11-2-4-15(14(20)6-11)22-16(23)10(8-21)5-9-1-3-12(18)7-13(9)19/h1-7H,(H,22,23)/b10-5+. The predicted octanol–water partition coefficient (Wildman–Crippen LogP) is 5.44. The summed E-state index contributed by atoms with van der Waals surface area (Å²) in [5, 5.41) is 12.2. The number of carbonyl (C=O) groups excluding carboxylic acids is 1. The van der Waals surface area contributed by atoms with Gasteiger partial charge in [-0.25, -0.2) is 4.39 Å². The van der Waals surface area contributed by atoms with Crippen molar-refractivity contribution in [3.63, 3.8) is 0 Å². The molecule has 0 atom stereocenters. The van der Waals surface area contributed by atoms with Gasteiger partial charge in [0.2, 0.25) is 0 Å². The number of amides is 1. The molecule has 0 saturated heterocycles. The maximum atomic E-state index is 13.7. The Kier molecular flexibility index (Phi) is 5.78. The zero-order valence-corrected chi connectivity index (χ0v) is 14.5. The van der Waals surface area contributed by atoms with E-state index in [1.807, 2.05) is 0 Å². The molecule has 2 aromatic rings. The van der Waals surface area contributed by atoms with E-state index in [2.05, 4.69) is 21.2 Å². The number of anilines is 1. The number of nitriles is 1. The van der Waals surface area contributed by atoms with Crippen LogP contribution in [-0.2, 0) is 4.79 Å². The van der Waals surface area contributed by atoms with E-state index in [0.29, 0.717) is 20.1 Å². The topological polar surface area (TPSA) is 52.9 Å². The van der Waals surface area contributed by atoms with Crippen molar-refractivity contribution in [1.82, 2.24) is 0 Å². The minimum Gasteiger partial charge on any atom is -0.319 e. The highest BCUT2D eigenvalue weighted by Gasteiger charge is 2.13. The quantitative estimate of drug-likeness (QED) is 0.537. The van der Waals surface area contributed by atoms with E-state index in [4.69, 9.17) is 28.5 Å². The van der Waals surface area contributed by atoms with Gasteiger partial charge in [-0.1, -0.05) is 45.2 Å². The van der Waals surface area contributed by atoms with Crippen LogP contribution in [0.5, 0.6) is 0 Å². The van der Waals surface area contributed by atoms with Crippen LogP contribution >= 0.6 is 39.1 Å². The molecular formula is C16H8BrCl2FN2O. The summed E-state index contributed by atoms with van der Waals surface area (Å²) in [5.41, 5.74) is 0.220. The normalized spacial score (nSPS) is 11.0. The number of carbonyl (C=O) groups is 1. The second kappa shape index (κ2) is 7.60. The lowest BCUT2D eigenvalue weighted by Crippen LogP contribution is -2.14. The van der Waals surface area contributed by atoms with Crippen LogP contribution in [0, 0.1) is 17.1 Å². The average molecular weight is 414 g/mol. The summed E-state index contributed by atoms with van der Waals surface area (Å²) in [6.07, 6.45) is 1.31. The predicted molar refractivity (Wildman–Crippen MR) is 92.8 cm³/mol. The van der Waals surface area contributed by atoms with E-state index in [0.717, 1.165) is 0 Å². The van der Waals surface area contributed by atoms with E-state index >= 15 is 0 Å². The molecule has 3 nitrogen and oxygen atoms in total. The lowest BCUT2D eigenvalue weighted by atomic mass is 10.1. The maximum Gasteiger partial charge on any atom is 0.266 e. The van der Waals surface area contributed by atoms with Crippen LogP contribution in [0.3, 0.4) is 0 Å². The van der Waals surface area contributed by atoms with E-state index in [-0.39, 0.29) is 11.3 Å². The van der Waals surface area contributed by atoms with Gasteiger partial charge >= 0.3 is 0 Å². The zero-order chi connectivity index (χ0) is 17.0. The summed E-state index contributed by atoms with van der Waals surface area (Å²) < 4.78 is 14.3. The van der Waals surface area contributed by atoms with Crippen molar-refractivity contribution < 1.29 is 9.18 Å². The Bertz CT molecular complexity index is 846. The molecule has 0 fully saturated rings. The molecule has 0 aliphatic carbocycles. The molecule has 1 amide bonds. The van der Waals surface area contributed by atoms with E-state index in [9.17, 15) is 9.18 Å². The number of halogens is 4. The monoisotopic (exact) mass is 412 g/mol. The number of hydrogen-bond acceptors (Lipinski definition) is 2. The highest BCUT2D eigenvalue weighted by atomic mass is 79.9. The summed E-state index contributed by atoms with van der Waals surface area (Å²) in [6.45, 7) is 0. The molecule has 2 rings (SSSR count). The molecule has 0 spiro atoms. The molecule has 2 aromatic carbocycles. The summed E-state index contributed by atoms with van der Waals surface area (Å²) in [5.74, 6) is -1.35. The van der Waals surface area contributed by atoms with Gasteiger partial charge in [-0.2, -0.15) is 5.26 Å². The molecule has 0 unspecified atom stereocenters. The third-order valence-electron chi connectivity index (χ3n) is 2.81. The van der Waals surface area contributed by atoms with Gasteiger partial charge in [0.1, 0.15) is 17.5 Å². The first-order valence-corrected chi connectivity index (χ1v) is 7.79. The Balaban J connectivity index is 2.28. The summed E-state index contributed by atoms with van der Waals surface area (Å²) in [7, 11) is 0. The smallest absolute Gasteiger partial charge is 0.266 e. The van der Waals surface area contributed by atoms with Crippen LogP contribution in [0.25, 0.3) is 6.08 Å². The molecule has 116 valence electrons. The van der Waals surface area contributed by atoms with Gasteiger partial charge in [-0.05, 0) is 42.0 Å². The van der Waals surface area contributed by atoms with Crippen molar-refractivity contribution >= 4 is 56.8 Å². The maximum absolute atomic E-state index is 13.7. The first kappa shape index (κ1) is 17.5. The second-order valence-electron chi connectivity index (χ2n) is 4.41. The fourth-order valence-corrected chi connectivity index (χ4v) is 2.50. The molecule has 0 radical (unpaired) electrons. The fourth-order valence-electron chi connectivity index (χ4n) is 1.70. The zero-order valence-electron chi connectivity index (χ0n) is 11.4. The van der Waals surface area contributed by atoms with Gasteiger partial charge in [-0.3, -0.25) is 4.79 Å². The first-order valence-electron chi connectivity index (χ1n) is 6.24.